The third-order valence-corrected chi connectivity index (χ3v) is 4.23. The van der Waals surface area contributed by atoms with E-state index < -0.39 is 0 Å². The summed E-state index contributed by atoms with van der Waals surface area (Å²) in [6.07, 6.45) is 3.37. The first kappa shape index (κ1) is 14.0. The number of nitrogens with zero attached hydrogens (tertiary/aromatic N) is 4. The summed E-state index contributed by atoms with van der Waals surface area (Å²) in [4.78, 5) is 7.06. The molecule has 1 unspecified atom stereocenters. The zero-order chi connectivity index (χ0) is 14.8. The minimum absolute atomic E-state index is 0.205. The van der Waals surface area contributed by atoms with Crippen molar-refractivity contribution in [2.45, 2.75) is 38.8 Å². The monoisotopic (exact) mass is 286 g/mol. The van der Waals surface area contributed by atoms with Crippen molar-refractivity contribution < 1.29 is 4.39 Å². The largest absolute Gasteiger partial charge is 0.313 e. The zero-order valence-electron chi connectivity index (χ0n) is 12.2. The van der Waals surface area contributed by atoms with Crippen molar-refractivity contribution >= 4 is 11.0 Å². The van der Waals surface area contributed by atoms with Crippen molar-refractivity contribution in [1.82, 2.24) is 14.5 Å². The fourth-order valence-electron chi connectivity index (χ4n) is 3.27. The second kappa shape index (κ2) is 5.82. The summed E-state index contributed by atoms with van der Waals surface area (Å²) >= 11 is 0. The number of benzene rings is 1. The van der Waals surface area contributed by atoms with Crippen molar-refractivity contribution in [3.63, 3.8) is 0 Å². The van der Waals surface area contributed by atoms with Crippen LogP contribution in [0.4, 0.5) is 4.39 Å². The van der Waals surface area contributed by atoms with Crippen LogP contribution in [0.15, 0.2) is 18.2 Å². The normalized spacial score (nSPS) is 17.2. The summed E-state index contributed by atoms with van der Waals surface area (Å²) in [5.74, 6) is 0.603. The van der Waals surface area contributed by atoms with Crippen LogP contribution in [-0.4, -0.2) is 27.5 Å². The maximum Gasteiger partial charge on any atom is 0.128 e. The average molecular weight is 286 g/mol. The molecule has 1 fully saturated rings. The molecule has 1 aliphatic rings. The Morgan fingerprint density at radius 2 is 2.14 bits per heavy atom. The van der Waals surface area contributed by atoms with Gasteiger partial charge in [0.2, 0.25) is 0 Å². The van der Waals surface area contributed by atoms with Gasteiger partial charge in [0.1, 0.15) is 18.2 Å². The standard InChI is InChI=1S/C16H19FN4/c1-2-14(20-8-3-4-9-20)16-19-13-11-12(17)5-6-15(13)21(16)10-7-18/h5-6,11,14H,2-4,8-10H2,1H3. The zero-order valence-corrected chi connectivity index (χ0v) is 12.2. The Kier molecular flexibility index (Phi) is 3.89. The molecular weight excluding hydrogens is 267 g/mol. The van der Waals surface area contributed by atoms with Gasteiger partial charge in [0.25, 0.3) is 0 Å². The summed E-state index contributed by atoms with van der Waals surface area (Å²) in [5.41, 5.74) is 1.48. The summed E-state index contributed by atoms with van der Waals surface area (Å²) < 4.78 is 15.4. The van der Waals surface area contributed by atoms with Crippen LogP contribution >= 0.6 is 0 Å². The Morgan fingerprint density at radius 3 is 2.81 bits per heavy atom. The SMILES string of the molecule is CCC(c1nc2cc(F)ccc2n1CC#N)N1CCCC1. The predicted molar refractivity (Wildman–Crippen MR) is 79.1 cm³/mol. The topological polar surface area (TPSA) is 44.9 Å². The maximum absolute atomic E-state index is 13.4. The molecule has 21 heavy (non-hydrogen) atoms. The van der Waals surface area contributed by atoms with Crippen LogP contribution in [0.1, 0.15) is 38.1 Å². The summed E-state index contributed by atoms with van der Waals surface area (Å²) in [7, 11) is 0. The molecule has 0 spiro atoms. The van der Waals surface area contributed by atoms with Gasteiger partial charge in [0, 0.05) is 6.07 Å². The number of fused-ring (bicyclic) bond motifs is 1. The number of aromatic nitrogens is 2. The molecule has 0 aliphatic carbocycles. The number of likely N-dealkylation sites (tertiary alicyclic amines) is 1. The molecule has 0 saturated carbocycles. The van der Waals surface area contributed by atoms with Gasteiger partial charge in [-0.25, -0.2) is 9.37 Å². The Labute approximate surface area is 123 Å². The van der Waals surface area contributed by atoms with Crippen molar-refractivity contribution in [3.05, 3.63) is 29.8 Å². The Bertz CT molecular complexity index is 679. The van der Waals surface area contributed by atoms with Gasteiger partial charge in [-0.1, -0.05) is 6.92 Å². The first-order valence-corrected chi connectivity index (χ1v) is 7.51. The molecule has 1 atom stereocenters. The molecule has 1 saturated heterocycles. The highest BCUT2D eigenvalue weighted by Crippen LogP contribution is 2.30. The van der Waals surface area contributed by atoms with E-state index >= 15 is 0 Å². The van der Waals surface area contributed by atoms with E-state index in [0.29, 0.717) is 5.52 Å². The molecular formula is C16H19FN4. The lowest BCUT2D eigenvalue weighted by Crippen LogP contribution is -2.27. The van der Waals surface area contributed by atoms with E-state index in [1.165, 1.54) is 25.0 Å². The molecule has 1 aromatic heterocycles. The fourth-order valence-corrected chi connectivity index (χ4v) is 3.27. The van der Waals surface area contributed by atoms with E-state index in [4.69, 9.17) is 5.26 Å². The number of hydrogen-bond acceptors (Lipinski definition) is 3. The van der Waals surface area contributed by atoms with E-state index in [1.54, 1.807) is 6.07 Å². The minimum atomic E-state index is -0.287. The van der Waals surface area contributed by atoms with E-state index in [0.717, 1.165) is 30.9 Å². The lowest BCUT2D eigenvalue weighted by molar-refractivity contribution is 0.226. The predicted octanol–water partition coefficient (Wildman–Crippen LogP) is 3.25. The second-order valence-electron chi connectivity index (χ2n) is 5.51. The maximum atomic E-state index is 13.4. The first-order valence-electron chi connectivity index (χ1n) is 7.51. The van der Waals surface area contributed by atoms with Crippen LogP contribution in [0.3, 0.4) is 0 Å². The molecule has 0 radical (unpaired) electrons. The van der Waals surface area contributed by atoms with E-state index in [2.05, 4.69) is 22.9 Å². The van der Waals surface area contributed by atoms with Crippen LogP contribution in [0.5, 0.6) is 0 Å². The van der Waals surface area contributed by atoms with Crippen molar-refractivity contribution in [3.8, 4) is 6.07 Å². The third-order valence-electron chi connectivity index (χ3n) is 4.23. The van der Waals surface area contributed by atoms with Crippen LogP contribution in [0.2, 0.25) is 0 Å². The third kappa shape index (κ3) is 2.52. The Hall–Kier alpha value is -1.93. The molecule has 110 valence electrons. The van der Waals surface area contributed by atoms with E-state index in [1.807, 2.05) is 4.57 Å². The molecule has 1 aliphatic heterocycles. The summed E-state index contributed by atoms with van der Waals surface area (Å²) in [6, 6.07) is 7.00. The number of nitriles is 1. The molecule has 3 rings (SSSR count). The lowest BCUT2D eigenvalue weighted by atomic mass is 10.2. The molecule has 1 aromatic carbocycles. The fraction of sp³-hybridized carbons (Fsp3) is 0.500. The molecule has 5 heteroatoms. The molecule has 2 heterocycles. The Morgan fingerprint density at radius 1 is 1.38 bits per heavy atom. The highest BCUT2D eigenvalue weighted by atomic mass is 19.1. The number of halogens is 1. The van der Waals surface area contributed by atoms with Gasteiger partial charge in [-0.15, -0.1) is 0 Å². The number of rotatable bonds is 4. The van der Waals surface area contributed by atoms with Gasteiger partial charge in [0.05, 0.1) is 23.1 Å². The summed E-state index contributed by atoms with van der Waals surface area (Å²) in [6.45, 7) is 4.53. The highest BCUT2D eigenvalue weighted by Gasteiger charge is 2.26. The second-order valence-corrected chi connectivity index (χ2v) is 5.51. The quantitative estimate of drug-likeness (QED) is 0.866. The Balaban J connectivity index is 2.10. The minimum Gasteiger partial charge on any atom is -0.313 e. The lowest BCUT2D eigenvalue weighted by Gasteiger charge is -2.26. The van der Waals surface area contributed by atoms with Gasteiger partial charge in [-0.3, -0.25) is 4.90 Å². The number of hydrogen-bond donors (Lipinski definition) is 0. The van der Waals surface area contributed by atoms with Gasteiger partial charge in [-0.2, -0.15) is 5.26 Å². The van der Waals surface area contributed by atoms with E-state index in [-0.39, 0.29) is 18.4 Å². The molecule has 2 aromatic rings. The van der Waals surface area contributed by atoms with Gasteiger partial charge in [0.15, 0.2) is 0 Å². The highest BCUT2D eigenvalue weighted by molar-refractivity contribution is 5.76. The smallest absolute Gasteiger partial charge is 0.128 e. The van der Waals surface area contributed by atoms with Gasteiger partial charge < -0.3 is 4.57 Å². The van der Waals surface area contributed by atoms with Crippen LogP contribution in [0.25, 0.3) is 11.0 Å². The van der Waals surface area contributed by atoms with Crippen molar-refractivity contribution in [2.75, 3.05) is 13.1 Å². The number of imidazole rings is 1. The van der Waals surface area contributed by atoms with E-state index in [9.17, 15) is 4.39 Å². The molecule has 0 amide bonds. The van der Waals surface area contributed by atoms with Crippen LogP contribution in [-0.2, 0) is 6.54 Å². The first-order chi connectivity index (χ1) is 10.2. The van der Waals surface area contributed by atoms with Crippen LogP contribution in [0, 0.1) is 17.1 Å². The van der Waals surface area contributed by atoms with Gasteiger partial charge in [-0.05, 0) is 44.5 Å². The van der Waals surface area contributed by atoms with Crippen LogP contribution < -0.4 is 0 Å². The summed E-state index contributed by atoms with van der Waals surface area (Å²) in [5, 5.41) is 9.11. The molecule has 4 nitrogen and oxygen atoms in total. The molecule has 0 bridgehead atoms. The van der Waals surface area contributed by atoms with Crippen molar-refractivity contribution in [1.29, 1.82) is 5.26 Å². The molecule has 0 N–H and O–H groups in total. The van der Waals surface area contributed by atoms with Crippen molar-refractivity contribution in [2.24, 2.45) is 0 Å². The average Bonchev–Trinajstić information content (AvgIpc) is 3.10. The van der Waals surface area contributed by atoms with Gasteiger partial charge >= 0.3 is 0 Å².